The summed E-state index contributed by atoms with van der Waals surface area (Å²) in [5, 5.41) is 0. The Balaban J connectivity index is 1.54. The zero-order valence-corrected chi connectivity index (χ0v) is 19.6. The Kier molecular flexibility index (Phi) is 6.01. The first kappa shape index (κ1) is 23.1. The quantitative estimate of drug-likeness (QED) is 0.602. The molecule has 0 N–H and O–H groups in total. The number of amides is 1. The van der Waals surface area contributed by atoms with Crippen LogP contribution in [0.5, 0.6) is 0 Å². The van der Waals surface area contributed by atoms with Crippen molar-refractivity contribution in [1.82, 2.24) is 4.31 Å². The first-order valence-electron chi connectivity index (χ1n) is 10.0. The highest BCUT2D eigenvalue weighted by atomic mass is 79.9. The second kappa shape index (κ2) is 8.35. The van der Waals surface area contributed by atoms with Crippen molar-refractivity contribution in [2.24, 2.45) is 0 Å². The molecule has 11 heteroatoms. The lowest BCUT2D eigenvalue weighted by atomic mass is 10.1. The molecule has 0 unspecified atom stereocenters. The number of carbonyl (C=O) groups is 1. The van der Waals surface area contributed by atoms with Gasteiger partial charge in [-0.05, 0) is 58.2 Å². The second-order valence-corrected chi connectivity index (χ2v) is 10.5. The van der Waals surface area contributed by atoms with E-state index >= 15 is 0 Å². The molecule has 2 heterocycles. The number of benzene rings is 2. The summed E-state index contributed by atoms with van der Waals surface area (Å²) in [6.07, 6.45) is -3.78. The first-order valence-corrected chi connectivity index (χ1v) is 12.2. The smallest absolute Gasteiger partial charge is 0.369 e. The monoisotopic (exact) mass is 531 g/mol. The van der Waals surface area contributed by atoms with Crippen LogP contribution in [0.3, 0.4) is 0 Å². The lowest BCUT2D eigenvalue weighted by Crippen LogP contribution is -2.48. The number of carbonyl (C=O) groups excluding carboxylic acids is 1. The van der Waals surface area contributed by atoms with Crippen LogP contribution in [0.1, 0.15) is 18.1 Å². The van der Waals surface area contributed by atoms with Gasteiger partial charge in [0.2, 0.25) is 15.9 Å². The number of fused-ring (bicyclic) bond motifs is 1. The molecule has 2 aromatic rings. The summed E-state index contributed by atoms with van der Waals surface area (Å²) in [4.78, 5) is 15.3. The number of hydrogen-bond donors (Lipinski definition) is 0. The third kappa shape index (κ3) is 4.25. The number of nitrogens with zero attached hydrogens (tertiary/aromatic N) is 3. The molecule has 0 saturated carbocycles. The second-order valence-electron chi connectivity index (χ2n) is 7.77. The fourth-order valence-electron chi connectivity index (χ4n) is 4.12. The van der Waals surface area contributed by atoms with Crippen LogP contribution in [0.15, 0.2) is 45.8 Å². The van der Waals surface area contributed by atoms with Crippen LogP contribution in [0.4, 0.5) is 24.5 Å². The fraction of sp³-hybridized carbons (Fsp3) is 0.381. The molecule has 2 aliphatic heterocycles. The summed E-state index contributed by atoms with van der Waals surface area (Å²) >= 11 is 3.36. The van der Waals surface area contributed by atoms with Crippen molar-refractivity contribution in [3.05, 3.63) is 52.0 Å². The van der Waals surface area contributed by atoms with Gasteiger partial charge >= 0.3 is 6.18 Å². The van der Waals surface area contributed by atoms with Gasteiger partial charge in [-0.2, -0.15) is 17.5 Å². The van der Waals surface area contributed by atoms with Crippen LogP contribution in [0.2, 0.25) is 0 Å². The SMILES string of the molecule is CC(=O)N1CCc2cc(Br)c(S(=O)(=O)N3CCN(c4cccc(C(F)(F)F)c4)CC3)cc21. The Hall–Kier alpha value is -2.11. The zero-order valence-electron chi connectivity index (χ0n) is 17.2. The van der Waals surface area contributed by atoms with E-state index in [1.54, 1.807) is 21.9 Å². The van der Waals surface area contributed by atoms with Gasteiger partial charge in [0.1, 0.15) is 0 Å². The summed E-state index contributed by atoms with van der Waals surface area (Å²) in [6.45, 7) is 2.76. The Morgan fingerprint density at radius 2 is 1.72 bits per heavy atom. The van der Waals surface area contributed by atoms with Crippen LogP contribution in [-0.2, 0) is 27.4 Å². The molecule has 1 amide bonds. The molecule has 32 heavy (non-hydrogen) atoms. The number of hydrogen-bond acceptors (Lipinski definition) is 4. The fourth-order valence-corrected chi connectivity index (χ4v) is 6.61. The average molecular weight is 532 g/mol. The van der Waals surface area contributed by atoms with E-state index < -0.39 is 21.8 Å². The number of piperazine rings is 1. The summed E-state index contributed by atoms with van der Waals surface area (Å²) < 4.78 is 67.5. The lowest BCUT2D eigenvalue weighted by Gasteiger charge is -2.35. The molecule has 0 aliphatic carbocycles. The summed E-state index contributed by atoms with van der Waals surface area (Å²) in [7, 11) is -3.86. The highest BCUT2D eigenvalue weighted by Gasteiger charge is 2.34. The van der Waals surface area contributed by atoms with E-state index in [0.29, 0.717) is 28.8 Å². The zero-order chi connectivity index (χ0) is 23.3. The van der Waals surface area contributed by atoms with Gasteiger partial charge in [-0.1, -0.05) is 6.07 Å². The molecule has 0 spiro atoms. The maximum atomic E-state index is 13.3. The predicted molar refractivity (Wildman–Crippen MR) is 118 cm³/mol. The van der Waals surface area contributed by atoms with Crippen molar-refractivity contribution >= 4 is 43.2 Å². The normalized spacial score (nSPS) is 17.5. The summed E-state index contributed by atoms with van der Waals surface area (Å²) in [5.41, 5.74) is 1.18. The van der Waals surface area contributed by atoms with Crippen LogP contribution < -0.4 is 9.80 Å². The highest BCUT2D eigenvalue weighted by molar-refractivity contribution is 9.10. The highest BCUT2D eigenvalue weighted by Crippen LogP contribution is 2.37. The van der Waals surface area contributed by atoms with Crippen molar-refractivity contribution in [2.75, 3.05) is 42.5 Å². The topological polar surface area (TPSA) is 60.9 Å². The van der Waals surface area contributed by atoms with Gasteiger partial charge in [0.05, 0.1) is 10.5 Å². The van der Waals surface area contributed by atoms with Crippen molar-refractivity contribution < 1.29 is 26.4 Å². The Morgan fingerprint density at radius 3 is 2.34 bits per heavy atom. The van der Waals surface area contributed by atoms with E-state index in [1.165, 1.54) is 23.4 Å². The Bertz CT molecular complexity index is 1160. The van der Waals surface area contributed by atoms with Gasteiger partial charge in [-0.25, -0.2) is 8.42 Å². The van der Waals surface area contributed by atoms with Crippen molar-refractivity contribution in [3.8, 4) is 0 Å². The molecule has 1 fully saturated rings. The minimum atomic E-state index is -4.44. The minimum Gasteiger partial charge on any atom is -0.369 e. The van der Waals surface area contributed by atoms with E-state index in [2.05, 4.69) is 15.9 Å². The average Bonchev–Trinajstić information content (AvgIpc) is 3.15. The lowest BCUT2D eigenvalue weighted by molar-refractivity contribution is -0.137. The number of halogens is 4. The summed E-state index contributed by atoms with van der Waals surface area (Å²) in [5.74, 6) is -0.149. The Labute approximate surface area is 192 Å². The third-order valence-electron chi connectivity index (χ3n) is 5.80. The predicted octanol–water partition coefficient (Wildman–Crippen LogP) is 3.89. The maximum Gasteiger partial charge on any atom is 0.416 e. The molecule has 4 rings (SSSR count). The van der Waals surface area contributed by atoms with Crippen molar-refractivity contribution in [1.29, 1.82) is 0 Å². The molecule has 0 bridgehead atoms. The van der Waals surface area contributed by atoms with E-state index in [9.17, 15) is 26.4 Å². The van der Waals surface area contributed by atoms with Gasteiger partial charge in [-0.15, -0.1) is 0 Å². The molecule has 172 valence electrons. The standard InChI is InChI=1S/C21H21BrF3N3O3S/c1-14(29)28-6-5-15-11-18(22)20(13-19(15)28)32(30,31)27-9-7-26(8-10-27)17-4-2-3-16(12-17)21(23,24)25/h2-4,11-13H,5-10H2,1H3. The molecular weight excluding hydrogens is 511 g/mol. The molecule has 0 radical (unpaired) electrons. The number of rotatable bonds is 3. The van der Waals surface area contributed by atoms with Gasteiger partial charge in [0.25, 0.3) is 0 Å². The van der Waals surface area contributed by atoms with Crippen LogP contribution in [-0.4, -0.2) is 51.4 Å². The molecule has 1 saturated heterocycles. The Morgan fingerprint density at radius 1 is 1.03 bits per heavy atom. The largest absolute Gasteiger partial charge is 0.416 e. The van der Waals surface area contributed by atoms with Crippen molar-refractivity contribution in [2.45, 2.75) is 24.4 Å². The third-order valence-corrected chi connectivity index (χ3v) is 8.66. The molecule has 0 atom stereocenters. The van der Waals surface area contributed by atoms with Gasteiger partial charge in [-0.3, -0.25) is 4.79 Å². The molecule has 6 nitrogen and oxygen atoms in total. The van der Waals surface area contributed by atoms with E-state index in [-0.39, 0.29) is 37.0 Å². The molecular formula is C21H21BrF3N3O3S. The first-order chi connectivity index (χ1) is 15.0. The molecule has 0 aromatic heterocycles. The van der Waals surface area contributed by atoms with Crippen LogP contribution >= 0.6 is 15.9 Å². The van der Waals surface area contributed by atoms with E-state index in [1.807, 2.05) is 0 Å². The number of anilines is 2. The van der Waals surface area contributed by atoms with Gasteiger partial charge in [0, 0.05) is 55.5 Å². The number of sulfonamides is 1. The maximum absolute atomic E-state index is 13.3. The molecule has 2 aliphatic rings. The van der Waals surface area contributed by atoms with E-state index in [4.69, 9.17) is 0 Å². The van der Waals surface area contributed by atoms with Gasteiger partial charge in [0.15, 0.2) is 0 Å². The molecule has 2 aromatic carbocycles. The minimum absolute atomic E-state index is 0.0805. The van der Waals surface area contributed by atoms with Crippen LogP contribution in [0.25, 0.3) is 0 Å². The summed E-state index contributed by atoms with van der Waals surface area (Å²) in [6, 6.07) is 8.31. The van der Waals surface area contributed by atoms with Crippen LogP contribution in [0, 0.1) is 0 Å². The van der Waals surface area contributed by atoms with E-state index in [0.717, 1.165) is 17.7 Å². The van der Waals surface area contributed by atoms with Crippen molar-refractivity contribution in [3.63, 3.8) is 0 Å². The number of alkyl halides is 3. The van der Waals surface area contributed by atoms with Gasteiger partial charge < -0.3 is 9.80 Å².